The van der Waals surface area contributed by atoms with Gasteiger partial charge in [0.15, 0.2) is 0 Å². The topological polar surface area (TPSA) is 20.2 Å². The standard InChI is InChI=1S/C13H24O.3HI.Sm/c1-6-8-10-13(4,5)11(3)12(14)9-7-2;;;;/h7,14H,2,6,8-10H2,1,3-5H3;3*1H;/q;;;;+2/p-3/b12-11+;;;;. The molecule has 0 saturated carbocycles. The van der Waals surface area contributed by atoms with Gasteiger partial charge in [-0.25, -0.2) is 0 Å². The number of halogens is 3. The second-order valence-corrected chi connectivity index (χ2v) is 24.0. The summed E-state index contributed by atoms with van der Waals surface area (Å²) in [5.41, 5.74) is 1.22. The maximum atomic E-state index is 9.76. The monoisotopic (exact) mass is 729 g/mol. The SMILES string of the molecule is C=CC/C(O)=C(/C)C(C)(C)CCCC.[I-].[I][Sm][I]. The van der Waals surface area contributed by atoms with Crippen LogP contribution in [0.3, 0.4) is 0 Å². The Hall–Kier alpha value is 2.81. The first kappa shape index (κ1) is 25.7. The number of hydrogen-bond acceptors (Lipinski definition) is 1. The molecule has 1 nitrogen and oxygen atoms in total. The van der Waals surface area contributed by atoms with Gasteiger partial charge >= 0.3 is 54.0 Å². The van der Waals surface area contributed by atoms with Crippen molar-refractivity contribution in [2.24, 2.45) is 5.41 Å². The third kappa shape index (κ3) is 13.8. The molecule has 0 fully saturated rings. The van der Waals surface area contributed by atoms with E-state index in [2.05, 4.69) is 55.9 Å². The molecule has 0 atom stereocenters. The van der Waals surface area contributed by atoms with E-state index in [1.54, 1.807) is 6.08 Å². The molecule has 0 aliphatic heterocycles. The minimum atomic E-state index is 0. The summed E-state index contributed by atoms with van der Waals surface area (Å²) in [5, 5.41) is 9.76. The Morgan fingerprint density at radius 1 is 1.39 bits per heavy atom. The maximum absolute atomic E-state index is 9.76. The summed E-state index contributed by atoms with van der Waals surface area (Å²) in [6.45, 7) is 12.2. The quantitative estimate of drug-likeness (QED) is 0.253. The fraction of sp³-hybridized carbons (Fsp3) is 0.692. The van der Waals surface area contributed by atoms with Gasteiger partial charge in [0.2, 0.25) is 0 Å². The molecule has 0 aliphatic rings. The second kappa shape index (κ2) is 16.2. The molecule has 0 radical (unpaired) electrons. The summed E-state index contributed by atoms with van der Waals surface area (Å²) in [4.78, 5) is 0. The van der Waals surface area contributed by atoms with Gasteiger partial charge in [-0.15, -0.1) is 6.58 Å². The van der Waals surface area contributed by atoms with Crippen LogP contribution in [0.4, 0.5) is 0 Å². The van der Waals surface area contributed by atoms with Crippen molar-refractivity contribution in [1.82, 2.24) is 0 Å². The molecular formula is C13H24I3OSm-. The van der Waals surface area contributed by atoms with Crippen LogP contribution < -0.4 is 24.0 Å². The molecule has 5 heteroatoms. The molecule has 1 N–H and O–H groups in total. The van der Waals surface area contributed by atoms with Gasteiger partial charge in [0.1, 0.15) is 0 Å². The molecule has 0 spiro atoms. The number of aliphatic hydroxyl groups excluding tert-OH is 1. The van der Waals surface area contributed by atoms with Crippen molar-refractivity contribution < 1.29 is 54.5 Å². The van der Waals surface area contributed by atoms with E-state index in [4.69, 9.17) is 0 Å². The normalized spacial score (nSPS) is 11.7. The Morgan fingerprint density at radius 3 is 2.17 bits per heavy atom. The van der Waals surface area contributed by atoms with Crippen molar-refractivity contribution in [1.29, 1.82) is 0 Å². The second-order valence-electron chi connectivity index (χ2n) is 4.61. The Balaban J connectivity index is -0.000000507. The average Bonchev–Trinajstić information content (AvgIpc) is 2.27. The molecular weight excluding hydrogens is 703 g/mol. The first-order valence-corrected chi connectivity index (χ1v) is 20.8. The molecule has 0 aromatic rings. The van der Waals surface area contributed by atoms with Crippen molar-refractivity contribution in [3.05, 3.63) is 24.0 Å². The van der Waals surface area contributed by atoms with Crippen LogP contribution in [0.2, 0.25) is 0 Å². The summed E-state index contributed by atoms with van der Waals surface area (Å²) in [6, 6.07) is 0. The molecule has 0 amide bonds. The van der Waals surface area contributed by atoms with Crippen LogP contribution in [0.25, 0.3) is 0 Å². The van der Waals surface area contributed by atoms with Crippen molar-refractivity contribution in [2.75, 3.05) is 0 Å². The predicted octanol–water partition coefficient (Wildman–Crippen LogP) is 3.39. The summed E-state index contributed by atoms with van der Waals surface area (Å²) >= 11 is 5.07. The molecule has 110 valence electrons. The van der Waals surface area contributed by atoms with Gasteiger partial charge in [0.05, 0.1) is 5.76 Å². The van der Waals surface area contributed by atoms with E-state index in [9.17, 15) is 5.11 Å². The van der Waals surface area contributed by atoms with Crippen LogP contribution in [0, 0.1) is 30.9 Å². The molecule has 0 aliphatic carbocycles. The van der Waals surface area contributed by atoms with E-state index in [0.717, 1.165) is 12.0 Å². The van der Waals surface area contributed by atoms with Crippen LogP contribution >= 0.6 is 28.6 Å². The van der Waals surface area contributed by atoms with Gasteiger partial charge in [-0.1, -0.05) is 39.7 Å². The van der Waals surface area contributed by atoms with Crippen LogP contribution in [-0.4, -0.2) is 5.11 Å². The van der Waals surface area contributed by atoms with Crippen LogP contribution in [0.15, 0.2) is 24.0 Å². The Bertz CT molecular complexity index is 240. The molecule has 18 heavy (non-hydrogen) atoms. The van der Waals surface area contributed by atoms with Gasteiger partial charge in [0, 0.05) is 6.42 Å². The van der Waals surface area contributed by atoms with Gasteiger partial charge in [0.25, 0.3) is 0 Å². The summed E-state index contributed by atoms with van der Waals surface area (Å²) in [6.07, 6.45) is 5.89. The first-order valence-electron chi connectivity index (χ1n) is 5.76. The van der Waals surface area contributed by atoms with Gasteiger partial charge in [-0.3, -0.25) is 0 Å². The predicted molar refractivity (Wildman–Crippen MR) is 91.5 cm³/mol. The van der Waals surface area contributed by atoms with Gasteiger partial charge in [-0.05, 0) is 24.3 Å². The van der Waals surface area contributed by atoms with Crippen molar-refractivity contribution in [2.45, 2.75) is 53.4 Å². The van der Waals surface area contributed by atoms with E-state index in [1.807, 2.05) is 6.92 Å². The van der Waals surface area contributed by atoms with Crippen molar-refractivity contribution in [3.8, 4) is 0 Å². The number of hydrogen-bond donors (Lipinski definition) is 1. The van der Waals surface area contributed by atoms with Crippen molar-refractivity contribution >= 4 is 28.6 Å². The minimum absolute atomic E-state index is 0. The zero-order valence-electron chi connectivity index (χ0n) is 11.6. The van der Waals surface area contributed by atoms with Crippen LogP contribution in [0.1, 0.15) is 53.4 Å². The number of unbranched alkanes of at least 4 members (excludes halogenated alkanes) is 1. The van der Waals surface area contributed by atoms with Gasteiger partial charge < -0.3 is 29.1 Å². The number of aliphatic hydroxyl groups is 1. The van der Waals surface area contributed by atoms with Crippen LogP contribution in [0.5, 0.6) is 0 Å². The third-order valence-corrected chi connectivity index (χ3v) is 2.94. The van der Waals surface area contributed by atoms with E-state index in [1.165, 1.54) is 12.8 Å². The molecule has 0 unspecified atom stereocenters. The fourth-order valence-corrected chi connectivity index (χ4v) is 1.49. The average molecular weight is 727 g/mol. The fourth-order valence-electron chi connectivity index (χ4n) is 1.49. The zero-order chi connectivity index (χ0) is 13.9. The summed E-state index contributed by atoms with van der Waals surface area (Å²) < 4.78 is 0. The van der Waals surface area contributed by atoms with E-state index < -0.39 is 0 Å². The van der Waals surface area contributed by atoms with E-state index in [0.29, 0.717) is 12.2 Å². The Morgan fingerprint density at radius 2 is 1.83 bits per heavy atom. The van der Waals surface area contributed by atoms with Crippen molar-refractivity contribution in [3.63, 3.8) is 0 Å². The molecule has 0 aromatic carbocycles. The molecule has 0 rings (SSSR count). The molecule has 0 heterocycles. The van der Waals surface area contributed by atoms with Crippen LogP contribution in [-0.2, 0) is 0 Å². The van der Waals surface area contributed by atoms with E-state index in [-0.39, 0.29) is 54.8 Å². The zero-order valence-corrected chi connectivity index (χ0v) is 20.7. The Kier molecular flexibility index (Phi) is 23.1. The molecule has 0 bridgehead atoms. The molecule has 0 aromatic heterocycles. The van der Waals surface area contributed by atoms with E-state index >= 15 is 0 Å². The Labute approximate surface area is 162 Å². The summed E-state index contributed by atoms with van der Waals surface area (Å²) in [7, 11) is 0. The first-order chi connectivity index (χ1) is 7.87. The summed E-state index contributed by atoms with van der Waals surface area (Å²) in [5.74, 6) is 0.487. The molecule has 0 saturated heterocycles. The number of allylic oxidation sites excluding steroid dienone is 2. The number of rotatable bonds is 6. The van der Waals surface area contributed by atoms with Gasteiger partial charge in [-0.2, -0.15) is 0 Å². The third-order valence-electron chi connectivity index (χ3n) is 2.94.